The lowest BCUT2D eigenvalue weighted by Gasteiger charge is -2.25. The number of hydrogen-bond acceptors (Lipinski definition) is 7. The fourth-order valence-corrected chi connectivity index (χ4v) is 11.1. The molecular weight excluding hydrogens is 761 g/mol. The Morgan fingerprint density at radius 1 is 0.304 bits per heavy atom. The molecule has 3 aromatic heterocycles. The summed E-state index contributed by atoms with van der Waals surface area (Å²) < 4.78 is 9.59. The Hall–Kier alpha value is -6.16. The highest BCUT2D eigenvalue weighted by atomic mass is 32.1. The van der Waals surface area contributed by atoms with Crippen LogP contribution >= 0.6 is 45.3 Å². The Labute approximate surface area is 341 Å². The van der Waals surface area contributed by atoms with Crippen molar-refractivity contribution in [2.75, 3.05) is 9.80 Å². The second-order valence-corrected chi connectivity index (χ2v) is 16.9. The maximum atomic E-state index is 4.79. The summed E-state index contributed by atoms with van der Waals surface area (Å²) in [6, 6.07) is 68.8. The molecule has 0 amide bonds. The molecule has 0 unspecified atom stereocenters. The lowest BCUT2D eigenvalue weighted by Crippen LogP contribution is -2.09. The molecule has 4 nitrogen and oxygen atoms in total. The molecule has 4 heterocycles. The van der Waals surface area contributed by atoms with E-state index in [4.69, 9.17) is 8.75 Å². The first-order valence-corrected chi connectivity index (χ1v) is 21.4. The van der Waals surface area contributed by atoms with E-state index >= 15 is 0 Å². The number of benzene rings is 6. The van der Waals surface area contributed by atoms with Gasteiger partial charge in [-0.1, -0.05) is 97.1 Å². The summed E-state index contributed by atoms with van der Waals surface area (Å²) in [6.07, 6.45) is 0. The molecule has 10 rings (SSSR count). The summed E-state index contributed by atoms with van der Waals surface area (Å²) >= 11 is 4.91. The molecule has 0 radical (unpaired) electrons. The minimum absolute atomic E-state index is 0.987. The van der Waals surface area contributed by atoms with Gasteiger partial charge in [-0.15, -0.1) is 33.6 Å². The molecule has 0 saturated heterocycles. The van der Waals surface area contributed by atoms with Crippen molar-refractivity contribution in [3.63, 3.8) is 0 Å². The van der Waals surface area contributed by atoms with E-state index in [0.717, 1.165) is 45.5 Å². The average molecular weight is 793 g/mol. The Kier molecular flexibility index (Phi) is 9.30. The van der Waals surface area contributed by atoms with Gasteiger partial charge < -0.3 is 9.80 Å². The van der Waals surface area contributed by atoms with Gasteiger partial charge in [0, 0.05) is 53.6 Å². The van der Waals surface area contributed by atoms with E-state index in [2.05, 4.69) is 204 Å². The molecule has 6 aromatic carbocycles. The molecule has 268 valence electrons. The van der Waals surface area contributed by atoms with E-state index in [1.54, 1.807) is 10.9 Å². The molecule has 1 aliphatic heterocycles. The van der Waals surface area contributed by atoms with Crippen LogP contribution in [-0.2, 0) is 0 Å². The predicted molar refractivity (Wildman–Crippen MR) is 243 cm³/mol. The zero-order chi connectivity index (χ0) is 37.3. The first-order chi connectivity index (χ1) is 27.8. The summed E-state index contributed by atoms with van der Waals surface area (Å²) in [5, 5.41) is 0. The summed E-state index contributed by atoms with van der Waals surface area (Å²) in [5.41, 5.74) is 11.1. The van der Waals surface area contributed by atoms with Gasteiger partial charge in [-0.05, 0) is 108 Å². The molecule has 0 spiro atoms. The van der Waals surface area contributed by atoms with Crippen molar-refractivity contribution in [2.24, 2.45) is 0 Å². The standard InChI is InChI=1S/C48H32N4S4/c1-5-13-35(14-6-1)51(36-15-7-2-8-16-36)39-25-21-33(22-26-39)41-29-31-43(53-41)47-45-46(50-56-49-45)48(55-47)44-32-30-42(54-44)34-23-27-40(28-24-34)52(37-17-9-3-10-18-37)38-19-11-4-12-20-38/h1-32H. The van der Waals surface area contributed by atoms with Crippen LogP contribution in [0, 0.1) is 0 Å². The van der Waals surface area contributed by atoms with Crippen LogP contribution in [0.25, 0.3) is 20.9 Å². The molecule has 8 heteroatoms. The number of anilines is 6. The summed E-state index contributed by atoms with van der Waals surface area (Å²) in [6.45, 7) is 0. The highest BCUT2D eigenvalue weighted by Crippen LogP contribution is 2.40. The normalized spacial score (nSPS) is 12.0. The highest BCUT2D eigenvalue weighted by Gasteiger charge is 2.27. The third kappa shape index (κ3) is 6.63. The molecule has 0 atom stereocenters. The monoisotopic (exact) mass is 792 g/mol. The highest BCUT2D eigenvalue weighted by molar-refractivity contribution is 8.00. The lowest BCUT2D eigenvalue weighted by molar-refractivity contribution is 1.28. The zero-order valence-corrected chi connectivity index (χ0v) is 33.2. The predicted octanol–water partition coefficient (Wildman–Crippen LogP) is 13.8. The van der Waals surface area contributed by atoms with Gasteiger partial charge >= 0.3 is 0 Å². The van der Waals surface area contributed by atoms with Crippen molar-refractivity contribution in [1.82, 2.24) is 8.75 Å². The Balaban J connectivity index is 0.926. The fourth-order valence-electron chi connectivity index (χ4n) is 7.00. The van der Waals surface area contributed by atoms with Crippen LogP contribution < -0.4 is 9.80 Å². The SMILES string of the molecule is c1ccc(N(c2ccccc2)c2ccc(-c3ccc(C4=S=C(c5ccc(-c6ccc(N(c7ccccc7)c7ccccc7)cc6)s5)c5nsnc54)s3)cc2)cc1. The first-order valence-electron chi connectivity index (χ1n) is 18.2. The Morgan fingerprint density at radius 3 is 0.946 bits per heavy atom. The van der Waals surface area contributed by atoms with E-state index in [0.29, 0.717) is 0 Å². The largest absolute Gasteiger partial charge is 0.311 e. The third-order valence-corrected chi connectivity index (χ3v) is 14.0. The van der Waals surface area contributed by atoms with Crippen molar-refractivity contribution in [3.8, 4) is 20.9 Å². The molecule has 0 bridgehead atoms. The van der Waals surface area contributed by atoms with E-state index in [1.807, 2.05) is 22.7 Å². The van der Waals surface area contributed by atoms with Crippen molar-refractivity contribution >= 4 is 89.2 Å². The molecule has 9 aromatic rings. The molecule has 0 fully saturated rings. The van der Waals surface area contributed by atoms with Crippen LogP contribution in [0.5, 0.6) is 0 Å². The van der Waals surface area contributed by atoms with Gasteiger partial charge in [0.25, 0.3) is 0 Å². The van der Waals surface area contributed by atoms with Crippen molar-refractivity contribution in [2.45, 2.75) is 0 Å². The number of aromatic nitrogens is 2. The lowest BCUT2D eigenvalue weighted by atomic mass is 10.1. The van der Waals surface area contributed by atoms with Crippen molar-refractivity contribution in [3.05, 3.63) is 215 Å². The van der Waals surface area contributed by atoms with E-state index in [9.17, 15) is 0 Å². The minimum atomic E-state index is 0.987. The summed E-state index contributed by atoms with van der Waals surface area (Å²) in [4.78, 5) is 11.8. The molecule has 0 N–H and O–H groups in total. The van der Waals surface area contributed by atoms with Gasteiger partial charge in [-0.3, -0.25) is 0 Å². The van der Waals surface area contributed by atoms with Crippen LogP contribution in [-0.4, -0.2) is 18.5 Å². The van der Waals surface area contributed by atoms with E-state index in [1.165, 1.54) is 52.1 Å². The van der Waals surface area contributed by atoms with Gasteiger partial charge in [0.1, 0.15) is 11.4 Å². The maximum absolute atomic E-state index is 4.79. The second kappa shape index (κ2) is 15.2. The van der Waals surface area contributed by atoms with Crippen molar-refractivity contribution in [1.29, 1.82) is 0 Å². The molecule has 1 aliphatic rings. The number of rotatable bonds is 10. The minimum Gasteiger partial charge on any atom is -0.311 e. The van der Waals surface area contributed by atoms with Crippen LogP contribution in [0.4, 0.5) is 34.1 Å². The third-order valence-electron chi connectivity index (χ3n) is 9.66. The van der Waals surface area contributed by atoms with E-state index < -0.39 is 0 Å². The smallest absolute Gasteiger partial charge is 0.124 e. The van der Waals surface area contributed by atoms with Crippen molar-refractivity contribution < 1.29 is 0 Å². The van der Waals surface area contributed by atoms with E-state index in [-0.39, 0.29) is 0 Å². The Bertz CT molecular complexity index is 2550. The van der Waals surface area contributed by atoms with Gasteiger partial charge in [-0.2, -0.15) is 8.75 Å². The van der Waals surface area contributed by atoms with Gasteiger partial charge in [-0.25, -0.2) is 0 Å². The number of thiophene rings is 2. The first kappa shape index (κ1) is 34.3. The van der Waals surface area contributed by atoms with Crippen LogP contribution in [0.1, 0.15) is 21.1 Å². The Morgan fingerprint density at radius 2 is 0.607 bits per heavy atom. The topological polar surface area (TPSA) is 32.3 Å². The number of fused-ring (bicyclic) bond motifs is 1. The second-order valence-electron chi connectivity index (χ2n) is 13.2. The van der Waals surface area contributed by atoms with Gasteiger partial charge in [0.2, 0.25) is 0 Å². The number of hydrogen-bond donors (Lipinski definition) is 0. The molecule has 0 saturated carbocycles. The van der Waals surface area contributed by atoms with Crippen LogP contribution in [0.15, 0.2) is 194 Å². The molecule has 56 heavy (non-hydrogen) atoms. The maximum Gasteiger partial charge on any atom is 0.124 e. The number of nitrogens with zero attached hydrogens (tertiary/aromatic N) is 4. The summed E-state index contributed by atoms with van der Waals surface area (Å²) in [7, 11) is 1.80. The van der Waals surface area contributed by atoms with Gasteiger partial charge in [0.15, 0.2) is 0 Å². The zero-order valence-electron chi connectivity index (χ0n) is 29.9. The van der Waals surface area contributed by atoms with Crippen LogP contribution in [0.3, 0.4) is 0 Å². The molecular formula is C48H32N4S4. The number of para-hydroxylation sites is 4. The van der Waals surface area contributed by atoms with Crippen LogP contribution in [0.2, 0.25) is 0 Å². The van der Waals surface area contributed by atoms with Gasteiger partial charge in [0.05, 0.1) is 21.5 Å². The average Bonchev–Trinajstić information content (AvgIpc) is 4.10. The molecule has 0 aliphatic carbocycles. The quantitative estimate of drug-likeness (QED) is 0.129. The fraction of sp³-hybridized carbons (Fsp3) is 0. The summed E-state index contributed by atoms with van der Waals surface area (Å²) in [5.74, 6) is 0.